The van der Waals surface area contributed by atoms with E-state index in [4.69, 9.17) is 5.26 Å². The minimum atomic E-state index is -2.24. The van der Waals surface area contributed by atoms with E-state index in [1.165, 1.54) is 57.4 Å². The third-order valence-corrected chi connectivity index (χ3v) is 20.5. The van der Waals surface area contributed by atoms with Crippen molar-refractivity contribution in [3.8, 4) is 6.07 Å². The summed E-state index contributed by atoms with van der Waals surface area (Å²) in [6.45, 7) is 6.98. The topological polar surface area (TPSA) is 23.8 Å². The maximum absolute atomic E-state index is 8.86. The second-order valence-corrected chi connectivity index (χ2v) is 19.9. The molecule has 0 aromatic heterocycles. The molecule has 0 fully saturated rings. The normalized spacial score (nSPS) is 11.4. The number of hydrogen-bond donors (Lipinski definition) is 0. The summed E-state index contributed by atoms with van der Waals surface area (Å²) in [5, 5.41) is 8.86. The zero-order chi connectivity index (χ0) is 16.3. The van der Waals surface area contributed by atoms with Crippen molar-refractivity contribution in [3.05, 3.63) is 29.8 Å². The molecule has 0 saturated carbocycles. The summed E-state index contributed by atoms with van der Waals surface area (Å²) >= 11 is -2.24. The quantitative estimate of drug-likeness (QED) is 0.426. The van der Waals surface area contributed by atoms with Crippen LogP contribution in [0.5, 0.6) is 0 Å². The molecule has 0 unspecified atom stereocenters. The van der Waals surface area contributed by atoms with Gasteiger partial charge in [-0.15, -0.1) is 0 Å². The Kier molecular flexibility index (Phi) is 9.87. The van der Waals surface area contributed by atoms with Gasteiger partial charge in [0.05, 0.1) is 0 Å². The summed E-state index contributed by atoms with van der Waals surface area (Å²) in [6.07, 6.45) is 8.73. The Morgan fingerprint density at radius 2 is 1.27 bits per heavy atom. The predicted molar refractivity (Wildman–Crippen MR) is 100 cm³/mol. The van der Waals surface area contributed by atoms with Gasteiger partial charge in [-0.2, -0.15) is 0 Å². The Balaban J connectivity index is 3.04. The number of nitrogens with zero attached hydrogens (tertiary/aromatic N) is 1. The van der Waals surface area contributed by atoms with E-state index >= 15 is 0 Å². The molecule has 1 aromatic carbocycles. The van der Waals surface area contributed by atoms with Crippen molar-refractivity contribution in [2.24, 2.45) is 0 Å². The van der Waals surface area contributed by atoms with Crippen molar-refractivity contribution in [3.63, 3.8) is 0 Å². The van der Waals surface area contributed by atoms with Crippen LogP contribution in [0.3, 0.4) is 0 Å². The first-order chi connectivity index (χ1) is 10.7. The molecule has 0 bridgehead atoms. The van der Waals surface area contributed by atoms with Crippen LogP contribution >= 0.6 is 0 Å². The minimum absolute atomic E-state index is 0.543. The van der Waals surface area contributed by atoms with Crippen molar-refractivity contribution in [1.29, 1.82) is 5.26 Å². The molecule has 1 rings (SSSR count). The summed E-state index contributed by atoms with van der Waals surface area (Å²) in [5.41, 5.74) is 1.17. The Morgan fingerprint density at radius 1 is 0.818 bits per heavy atom. The van der Waals surface area contributed by atoms with E-state index in [1.807, 2.05) is 0 Å². The van der Waals surface area contributed by atoms with Gasteiger partial charge < -0.3 is 0 Å². The number of hydrogen-bond acceptors (Lipinski definition) is 1. The van der Waals surface area contributed by atoms with Crippen LogP contribution < -0.4 is 3.58 Å². The number of benzene rings is 1. The Morgan fingerprint density at radius 3 is 1.64 bits per heavy atom. The molecular formula is C20H33NSn. The van der Waals surface area contributed by atoms with E-state index in [2.05, 4.69) is 51.1 Å². The van der Waals surface area contributed by atoms with Gasteiger partial charge in [-0.25, -0.2) is 0 Å². The molecule has 0 aliphatic carbocycles. The number of rotatable bonds is 11. The number of unbranched alkanes of at least 4 members (excludes halogenated alkanes) is 3. The summed E-state index contributed by atoms with van der Waals surface area (Å²) in [6, 6.07) is 11.5. The van der Waals surface area contributed by atoms with Gasteiger partial charge in [0.15, 0.2) is 0 Å². The first-order valence-electron chi connectivity index (χ1n) is 9.18. The van der Waals surface area contributed by atoms with Crippen LogP contribution in [-0.2, 0) is 6.42 Å². The summed E-state index contributed by atoms with van der Waals surface area (Å²) in [5.74, 6) is 0. The molecule has 0 N–H and O–H groups in total. The average Bonchev–Trinajstić information content (AvgIpc) is 2.56. The molecule has 0 spiro atoms. The molecule has 1 nitrogen and oxygen atoms in total. The van der Waals surface area contributed by atoms with Crippen LogP contribution in [0, 0.1) is 11.3 Å². The van der Waals surface area contributed by atoms with Gasteiger partial charge in [0.1, 0.15) is 0 Å². The van der Waals surface area contributed by atoms with E-state index < -0.39 is 18.4 Å². The maximum atomic E-state index is 8.86. The molecule has 0 aliphatic heterocycles. The van der Waals surface area contributed by atoms with Gasteiger partial charge in [0.2, 0.25) is 0 Å². The first-order valence-corrected chi connectivity index (χ1v) is 16.7. The van der Waals surface area contributed by atoms with Gasteiger partial charge >= 0.3 is 142 Å². The van der Waals surface area contributed by atoms with Gasteiger partial charge in [0, 0.05) is 0 Å². The molecule has 0 heterocycles. The molecule has 1 aromatic rings. The standard InChI is InChI=1S/C8H6N.3C4H9.Sn/c9-7-6-8-4-2-1-3-5-8;3*1-3-4-2;/h2-5H,6H2;3*1,3-4H2,2H3;. The van der Waals surface area contributed by atoms with Crippen molar-refractivity contribution in [2.75, 3.05) is 0 Å². The van der Waals surface area contributed by atoms with E-state index in [-0.39, 0.29) is 0 Å². The Labute approximate surface area is 142 Å². The van der Waals surface area contributed by atoms with Crippen molar-refractivity contribution >= 4 is 22.0 Å². The van der Waals surface area contributed by atoms with Crippen LogP contribution in [0.1, 0.15) is 64.9 Å². The molecule has 0 aliphatic rings. The zero-order valence-electron chi connectivity index (χ0n) is 14.8. The van der Waals surface area contributed by atoms with Crippen LogP contribution in [0.15, 0.2) is 24.3 Å². The number of nitriles is 1. The molecule has 0 atom stereocenters. The van der Waals surface area contributed by atoms with E-state index in [0.717, 1.165) is 0 Å². The van der Waals surface area contributed by atoms with E-state index in [9.17, 15) is 0 Å². The Bertz CT molecular complexity index is 422. The van der Waals surface area contributed by atoms with E-state index in [1.54, 1.807) is 3.58 Å². The van der Waals surface area contributed by atoms with Crippen molar-refractivity contribution in [2.45, 2.75) is 79.0 Å². The van der Waals surface area contributed by atoms with Crippen LogP contribution in [0.2, 0.25) is 13.3 Å². The van der Waals surface area contributed by atoms with Crippen molar-refractivity contribution < 1.29 is 0 Å². The molecule has 0 saturated heterocycles. The molecular weight excluding hydrogens is 373 g/mol. The van der Waals surface area contributed by atoms with Crippen LogP contribution in [0.4, 0.5) is 0 Å². The third kappa shape index (κ3) is 5.95. The van der Waals surface area contributed by atoms with E-state index in [0.29, 0.717) is 6.42 Å². The Hall–Kier alpha value is -0.491. The molecule has 0 radical (unpaired) electrons. The fourth-order valence-corrected chi connectivity index (χ4v) is 19.3. The molecule has 122 valence electrons. The second-order valence-electron chi connectivity index (χ2n) is 6.62. The monoisotopic (exact) mass is 407 g/mol. The van der Waals surface area contributed by atoms with Gasteiger partial charge in [0.25, 0.3) is 0 Å². The molecule has 0 amide bonds. The average molecular weight is 406 g/mol. The second kappa shape index (κ2) is 11.1. The van der Waals surface area contributed by atoms with Crippen molar-refractivity contribution in [1.82, 2.24) is 0 Å². The predicted octanol–water partition coefficient (Wildman–Crippen LogP) is 5.81. The summed E-state index contributed by atoms with van der Waals surface area (Å²) in [7, 11) is 0. The fraction of sp³-hybridized carbons (Fsp3) is 0.650. The summed E-state index contributed by atoms with van der Waals surface area (Å²) < 4.78 is 6.26. The zero-order valence-corrected chi connectivity index (χ0v) is 17.7. The fourth-order valence-electron chi connectivity index (χ4n) is 3.42. The third-order valence-electron chi connectivity index (χ3n) is 4.88. The molecule has 2 heteroatoms. The van der Waals surface area contributed by atoms with Gasteiger partial charge in [-0.1, -0.05) is 0 Å². The first kappa shape index (κ1) is 19.6. The van der Waals surface area contributed by atoms with Gasteiger partial charge in [-0.05, 0) is 0 Å². The summed E-state index contributed by atoms with van der Waals surface area (Å²) in [4.78, 5) is 0. The van der Waals surface area contributed by atoms with Crippen LogP contribution in [0.25, 0.3) is 0 Å². The molecule has 22 heavy (non-hydrogen) atoms. The van der Waals surface area contributed by atoms with Crippen LogP contribution in [-0.4, -0.2) is 18.4 Å². The SMILES string of the molecule is CCC[CH2][Sn]([CH2]CCC)([CH2]CCC)[c]1ccc(CC#N)cc1. The van der Waals surface area contributed by atoms with Gasteiger partial charge in [-0.3, -0.25) is 0 Å².